The summed E-state index contributed by atoms with van der Waals surface area (Å²) in [6.07, 6.45) is 0.498. The first kappa shape index (κ1) is 12.9. The van der Waals surface area contributed by atoms with Gasteiger partial charge in [0.25, 0.3) is 0 Å². The monoisotopic (exact) mass is 203 g/mol. The minimum Gasteiger partial charge on any atom is -0.456 e. The van der Waals surface area contributed by atoms with Gasteiger partial charge in [0.05, 0.1) is 0 Å². The zero-order valence-corrected chi connectivity index (χ0v) is 9.00. The van der Waals surface area contributed by atoms with E-state index in [1.165, 1.54) is 0 Å². The van der Waals surface area contributed by atoms with Crippen molar-refractivity contribution >= 4 is 11.9 Å². The maximum absolute atomic E-state index is 11.3. The Morgan fingerprint density at radius 2 is 1.93 bits per heavy atom. The van der Waals surface area contributed by atoms with Gasteiger partial charge in [0.15, 0.2) is 6.04 Å². The molecule has 0 aromatic heterocycles. The number of rotatable bonds is 4. The Morgan fingerprint density at radius 1 is 1.43 bits per heavy atom. The quantitative estimate of drug-likeness (QED) is 0.585. The first-order valence-electron chi connectivity index (χ1n) is 4.56. The molecule has 0 spiro atoms. The van der Waals surface area contributed by atoms with Crippen LogP contribution >= 0.6 is 0 Å². The Balaban J connectivity index is 3.94. The lowest BCUT2D eigenvalue weighted by Gasteiger charge is -2.20. The van der Waals surface area contributed by atoms with Crippen molar-refractivity contribution < 1.29 is 20.1 Å². The smallest absolute Gasteiger partial charge is 0.365 e. The molecule has 0 aliphatic heterocycles. The van der Waals surface area contributed by atoms with Crippen LogP contribution in [0.1, 0.15) is 33.6 Å². The number of quaternary nitrogens is 1. The average molecular weight is 203 g/mol. The fourth-order valence-electron chi connectivity index (χ4n) is 0.819. The van der Waals surface area contributed by atoms with Crippen molar-refractivity contribution in [2.24, 2.45) is 5.73 Å². The van der Waals surface area contributed by atoms with E-state index < -0.39 is 23.5 Å². The normalized spacial score (nSPS) is 13.4. The third-order valence-corrected chi connectivity index (χ3v) is 1.48. The van der Waals surface area contributed by atoms with Gasteiger partial charge in [-0.1, -0.05) is 0 Å². The van der Waals surface area contributed by atoms with Crippen LogP contribution in [0.4, 0.5) is 0 Å². The Bertz CT molecular complexity index is 221. The fourth-order valence-corrected chi connectivity index (χ4v) is 0.819. The van der Waals surface area contributed by atoms with Gasteiger partial charge in [-0.3, -0.25) is 4.79 Å². The predicted molar refractivity (Wildman–Crippen MR) is 50.9 cm³/mol. The number of carbonyl (C=O) groups is 2. The van der Waals surface area contributed by atoms with E-state index in [1.54, 1.807) is 20.8 Å². The lowest BCUT2D eigenvalue weighted by Crippen LogP contribution is -2.66. The summed E-state index contributed by atoms with van der Waals surface area (Å²) in [7, 11) is 0. The Morgan fingerprint density at radius 3 is 2.29 bits per heavy atom. The van der Waals surface area contributed by atoms with Crippen molar-refractivity contribution in [3.63, 3.8) is 0 Å². The molecule has 0 bridgehead atoms. The zero-order chi connectivity index (χ0) is 11.4. The van der Waals surface area contributed by atoms with E-state index in [2.05, 4.69) is 5.73 Å². The Labute approximate surface area is 83.8 Å². The van der Waals surface area contributed by atoms with Gasteiger partial charge >= 0.3 is 5.97 Å². The SMILES string of the molecule is CC(C)(C)OC(=O)[C@@H]([NH3+])CCC(N)=O. The molecule has 0 rings (SSSR count). The van der Waals surface area contributed by atoms with Crippen molar-refractivity contribution in [1.82, 2.24) is 0 Å². The number of primary amides is 1. The molecule has 0 saturated heterocycles. The second kappa shape index (κ2) is 4.95. The molecule has 0 aromatic rings. The second-order valence-corrected chi connectivity index (χ2v) is 4.24. The summed E-state index contributed by atoms with van der Waals surface area (Å²) in [5.74, 6) is -0.819. The van der Waals surface area contributed by atoms with Gasteiger partial charge in [-0.15, -0.1) is 0 Å². The van der Waals surface area contributed by atoms with E-state index in [-0.39, 0.29) is 6.42 Å². The van der Waals surface area contributed by atoms with E-state index in [9.17, 15) is 9.59 Å². The highest BCUT2D eigenvalue weighted by Gasteiger charge is 2.24. The van der Waals surface area contributed by atoms with Crippen LogP contribution in [0.25, 0.3) is 0 Å². The van der Waals surface area contributed by atoms with Crippen LogP contribution in [0.5, 0.6) is 0 Å². The fraction of sp³-hybridized carbons (Fsp3) is 0.778. The first-order valence-corrected chi connectivity index (χ1v) is 4.56. The number of ether oxygens (including phenoxy) is 1. The van der Waals surface area contributed by atoms with Crippen LogP contribution in [0.2, 0.25) is 0 Å². The molecule has 1 atom stereocenters. The highest BCUT2D eigenvalue weighted by molar-refractivity contribution is 5.77. The van der Waals surface area contributed by atoms with Crippen LogP contribution in [-0.2, 0) is 14.3 Å². The zero-order valence-electron chi connectivity index (χ0n) is 9.00. The minimum atomic E-state index is -0.526. The predicted octanol–water partition coefficient (Wildman–Crippen LogP) is -0.796. The first-order chi connectivity index (χ1) is 6.22. The van der Waals surface area contributed by atoms with Crippen LogP contribution < -0.4 is 11.5 Å². The molecule has 5 N–H and O–H groups in total. The maximum Gasteiger partial charge on any atom is 0.365 e. The standard InChI is InChI=1S/C9H18N2O3/c1-9(2,3)14-8(13)6(10)4-5-7(11)12/h6H,4-5,10H2,1-3H3,(H2,11,12)/p+1/t6-/m0/s1. The molecule has 0 radical (unpaired) electrons. The van der Waals surface area contributed by atoms with Crippen molar-refractivity contribution in [2.45, 2.75) is 45.3 Å². The lowest BCUT2D eigenvalue weighted by molar-refractivity contribution is -0.410. The third kappa shape index (κ3) is 6.42. The van der Waals surface area contributed by atoms with E-state index in [0.29, 0.717) is 6.42 Å². The van der Waals surface area contributed by atoms with Gasteiger partial charge in [0, 0.05) is 12.8 Å². The summed E-state index contributed by atoms with van der Waals surface area (Å²) in [5, 5.41) is 0. The van der Waals surface area contributed by atoms with Gasteiger partial charge in [-0.05, 0) is 20.8 Å². The number of carbonyl (C=O) groups excluding carboxylic acids is 2. The number of nitrogens with two attached hydrogens (primary N) is 1. The summed E-state index contributed by atoms with van der Waals surface area (Å²) >= 11 is 0. The highest BCUT2D eigenvalue weighted by Crippen LogP contribution is 2.08. The van der Waals surface area contributed by atoms with Crippen molar-refractivity contribution in [3.05, 3.63) is 0 Å². The van der Waals surface area contributed by atoms with E-state index in [0.717, 1.165) is 0 Å². The molecule has 0 heterocycles. The average Bonchev–Trinajstić information content (AvgIpc) is 1.96. The van der Waals surface area contributed by atoms with Gasteiger partial charge in [-0.2, -0.15) is 0 Å². The van der Waals surface area contributed by atoms with Crippen molar-refractivity contribution in [2.75, 3.05) is 0 Å². The summed E-state index contributed by atoms with van der Waals surface area (Å²) in [4.78, 5) is 21.8. The van der Waals surface area contributed by atoms with Crippen LogP contribution in [-0.4, -0.2) is 23.5 Å². The number of hydrogen-bond donors (Lipinski definition) is 2. The summed E-state index contributed by atoms with van der Waals surface area (Å²) < 4.78 is 5.08. The van der Waals surface area contributed by atoms with E-state index in [4.69, 9.17) is 10.5 Å². The second-order valence-electron chi connectivity index (χ2n) is 4.24. The van der Waals surface area contributed by atoms with Crippen LogP contribution in [0.15, 0.2) is 0 Å². The molecule has 5 nitrogen and oxygen atoms in total. The molecule has 0 aromatic carbocycles. The molecular formula is C9H19N2O3+. The van der Waals surface area contributed by atoms with Crippen LogP contribution in [0, 0.1) is 0 Å². The van der Waals surface area contributed by atoms with E-state index in [1.807, 2.05) is 0 Å². The van der Waals surface area contributed by atoms with E-state index >= 15 is 0 Å². The van der Waals surface area contributed by atoms with Gasteiger partial charge in [-0.25, -0.2) is 4.79 Å². The molecule has 0 saturated carbocycles. The topological polar surface area (TPSA) is 97.0 Å². The van der Waals surface area contributed by atoms with Crippen molar-refractivity contribution in [1.29, 1.82) is 0 Å². The number of hydrogen-bond acceptors (Lipinski definition) is 3. The summed E-state index contributed by atoms with van der Waals surface area (Å²) in [6.45, 7) is 5.35. The molecule has 0 aliphatic rings. The maximum atomic E-state index is 11.3. The Hall–Kier alpha value is -1.10. The van der Waals surface area contributed by atoms with Gasteiger partial charge in [0.2, 0.25) is 5.91 Å². The molecule has 0 fully saturated rings. The molecule has 5 heteroatoms. The molecule has 0 unspecified atom stereocenters. The lowest BCUT2D eigenvalue weighted by atomic mass is 10.1. The molecule has 14 heavy (non-hydrogen) atoms. The minimum absolute atomic E-state index is 0.160. The van der Waals surface area contributed by atoms with Crippen LogP contribution in [0.3, 0.4) is 0 Å². The van der Waals surface area contributed by atoms with Gasteiger partial charge < -0.3 is 16.2 Å². The van der Waals surface area contributed by atoms with Gasteiger partial charge in [0.1, 0.15) is 5.60 Å². The number of amides is 1. The molecule has 0 aliphatic carbocycles. The summed E-state index contributed by atoms with van der Waals surface area (Å²) in [6, 6.07) is -0.526. The Kier molecular flexibility index (Phi) is 4.56. The molecular weight excluding hydrogens is 184 g/mol. The third-order valence-electron chi connectivity index (χ3n) is 1.48. The largest absolute Gasteiger partial charge is 0.456 e. The molecule has 1 amide bonds. The molecule has 82 valence electrons. The number of esters is 1. The summed E-state index contributed by atoms with van der Waals surface area (Å²) in [5.41, 5.74) is 8.05. The highest BCUT2D eigenvalue weighted by atomic mass is 16.6. The van der Waals surface area contributed by atoms with Crippen molar-refractivity contribution in [3.8, 4) is 0 Å².